The number of ether oxygens (including phenoxy) is 1. The van der Waals surface area contributed by atoms with E-state index in [4.69, 9.17) is 4.74 Å². The Morgan fingerprint density at radius 2 is 1.76 bits per heavy atom. The largest absolute Gasteiger partial charge is 0.462 e. The summed E-state index contributed by atoms with van der Waals surface area (Å²) < 4.78 is 5.60. The first kappa shape index (κ1) is 16.5. The van der Waals surface area contributed by atoms with E-state index in [-0.39, 0.29) is 17.5 Å². The van der Waals surface area contributed by atoms with Crippen LogP contribution in [-0.4, -0.2) is 12.1 Å². The fraction of sp³-hybridized carbons (Fsp3) is 0.933. The zero-order chi connectivity index (χ0) is 13.3. The first-order valence-electron chi connectivity index (χ1n) is 7.19. The molecular weight excluding hydrogens is 212 g/mol. The molecule has 0 aliphatic rings. The number of hydrogen-bond donors (Lipinski definition) is 0. The Morgan fingerprint density at radius 3 is 2.24 bits per heavy atom. The fourth-order valence-electron chi connectivity index (χ4n) is 1.60. The van der Waals surface area contributed by atoms with Gasteiger partial charge in [0.05, 0.1) is 5.41 Å². The number of rotatable bonds is 9. The normalized spacial score (nSPS) is 13.5. The molecule has 0 aliphatic carbocycles. The van der Waals surface area contributed by atoms with Crippen molar-refractivity contribution in [2.24, 2.45) is 5.41 Å². The fourth-order valence-corrected chi connectivity index (χ4v) is 1.60. The molecule has 0 saturated heterocycles. The van der Waals surface area contributed by atoms with Crippen molar-refractivity contribution in [2.75, 3.05) is 0 Å². The van der Waals surface area contributed by atoms with Gasteiger partial charge in [0.1, 0.15) is 6.10 Å². The number of esters is 1. The van der Waals surface area contributed by atoms with Gasteiger partial charge in [0, 0.05) is 0 Å². The molecule has 0 spiro atoms. The number of unbranched alkanes of at least 4 members (excludes halogenated alkanes) is 3. The Morgan fingerprint density at radius 1 is 1.12 bits per heavy atom. The summed E-state index contributed by atoms with van der Waals surface area (Å²) >= 11 is 0. The van der Waals surface area contributed by atoms with E-state index in [2.05, 4.69) is 13.8 Å². The van der Waals surface area contributed by atoms with E-state index in [1.807, 2.05) is 20.8 Å². The van der Waals surface area contributed by atoms with Gasteiger partial charge in [-0.25, -0.2) is 0 Å². The lowest BCUT2D eigenvalue weighted by molar-refractivity contribution is -0.160. The minimum atomic E-state index is -0.336. The highest BCUT2D eigenvalue weighted by Crippen LogP contribution is 2.23. The molecule has 0 rings (SSSR count). The Kier molecular flexibility index (Phi) is 8.28. The monoisotopic (exact) mass is 242 g/mol. The van der Waals surface area contributed by atoms with Crippen LogP contribution in [0.15, 0.2) is 0 Å². The average Bonchev–Trinajstić information content (AvgIpc) is 2.32. The highest BCUT2D eigenvalue weighted by molar-refractivity contribution is 5.75. The zero-order valence-electron chi connectivity index (χ0n) is 12.3. The van der Waals surface area contributed by atoms with Crippen molar-refractivity contribution < 1.29 is 9.53 Å². The van der Waals surface area contributed by atoms with Crippen LogP contribution in [0.4, 0.5) is 0 Å². The van der Waals surface area contributed by atoms with Gasteiger partial charge >= 0.3 is 5.97 Å². The van der Waals surface area contributed by atoms with Crippen molar-refractivity contribution in [2.45, 2.75) is 85.7 Å². The highest BCUT2D eigenvalue weighted by Gasteiger charge is 2.28. The van der Waals surface area contributed by atoms with Gasteiger partial charge in [-0.2, -0.15) is 0 Å². The maximum Gasteiger partial charge on any atom is 0.311 e. The molecule has 0 aliphatic heterocycles. The van der Waals surface area contributed by atoms with Crippen LogP contribution in [0.25, 0.3) is 0 Å². The Hall–Kier alpha value is -0.530. The topological polar surface area (TPSA) is 26.3 Å². The molecule has 0 aromatic carbocycles. The summed E-state index contributed by atoms with van der Waals surface area (Å²) in [5, 5.41) is 0. The van der Waals surface area contributed by atoms with Crippen molar-refractivity contribution in [1.29, 1.82) is 0 Å². The van der Waals surface area contributed by atoms with Gasteiger partial charge in [0.25, 0.3) is 0 Å². The quantitative estimate of drug-likeness (QED) is 0.432. The molecule has 1 unspecified atom stereocenters. The molecule has 17 heavy (non-hydrogen) atoms. The second-order valence-corrected chi connectivity index (χ2v) is 5.52. The van der Waals surface area contributed by atoms with Gasteiger partial charge in [-0.05, 0) is 39.5 Å². The molecule has 0 saturated carbocycles. The van der Waals surface area contributed by atoms with Crippen LogP contribution in [-0.2, 0) is 9.53 Å². The van der Waals surface area contributed by atoms with Crippen LogP contribution in [0.2, 0.25) is 0 Å². The van der Waals surface area contributed by atoms with Gasteiger partial charge < -0.3 is 4.74 Å². The van der Waals surface area contributed by atoms with Crippen molar-refractivity contribution in [3.05, 3.63) is 0 Å². The van der Waals surface area contributed by atoms with Crippen LogP contribution < -0.4 is 0 Å². The minimum Gasteiger partial charge on any atom is -0.462 e. The molecule has 0 amide bonds. The van der Waals surface area contributed by atoms with Gasteiger partial charge in [-0.3, -0.25) is 4.79 Å². The van der Waals surface area contributed by atoms with Crippen LogP contribution in [0.1, 0.15) is 79.6 Å². The smallest absolute Gasteiger partial charge is 0.311 e. The van der Waals surface area contributed by atoms with E-state index in [0.717, 1.165) is 19.3 Å². The first-order chi connectivity index (χ1) is 7.97. The first-order valence-corrected chi connectivity index (χ1v) is 7.19. The third kappa shape index (κ3) is 6.70. The summed E-state index contributed by atoms with van der Waals surface area (Å²) in [6.07, 6.45) is 7.85. The van der Waals surface area contributed by atoms with Gasteiger partial charge in [-0.1, -0.05) is 40.0 Å². The summed E-state index contributed by atoms with van der Waals surface area (Å²) in [7, 11) is 0. The third-order valence-corrected chi connectivity index (χ3v) is 3.55. The Labute approximate surface area is 107 Å². The van der Waals surface area contributed by atoms with Gasteiger partial charge in [-0.15, -0.1) is 0 Å². The molecule has 1 atom stereocenters. The second kappa shape index (κ2) is 8.54. The van der Waals surface area contributed by atoms with Gasteiger partial charge in [0.2, 0.25) is 0 Å². The lowest BCUT2D eigenvalue weighted by atomic mass is 9.90. The lowest BCUT2D eigenvalue weighted by Crippen LogP contribution is -2.30. The summed E-state index contributed by atoms with van der Waals surface area (Å²) in [4.78, 5) is 11.9. The van der Waals surface area contributed by atoms with Gasteiger partial charge in [0.15, 0.2) is 0 Å². The van der Waals surface area contributed by atoms with Crippen molar-refractivity contribution >= 4 is 5.97 Å². The molecule has 0 bridgehead atoms. The second-order valence-electron chi connectivity index (χ2n) is 5.52. The highest BCUT2D eigenvalue weighted by atomic mass is 16.5. The predicted molar refractivity (Wildman–Crippen MR) is 73.0 cm³/mol. The summed E-state index contributed by atoms with van der Waals surface area (Å²) in [6, 6.07) is 0. The molecule has 0 fully saturated rings. The number of carbonyl (C=O) groups excluding carboxylic acids is 1. The molecule has 0 aromatic rings. The van der Waals surface area contributed by atoms with E-state index in [1.165, 1.54) is 25.7 Å². The zero-order valence-corrected chi connectivity index (χ0v) is 12.3. The van der Waals surface area contributed by atoms with E-state index < -0.39 is 0 Å². The van der Waals surface area contributed by atoms with Crippen molar-refractivity contribution in [3.8, 4) is 0 Å². The SMILES string of the molecule is CCCCCCC(CC)OC(=O)C(C)(C)CC. The van der Waals surface area contributed by atoms with Crippen LogP contribution in [0.5, 0.6) is 0 Å². The number of hydrogen-bond acceptors (Lipinski definition) is 2. The van der Waals surface area contributed by atoms with Crippen molar-refractivity contribution in [3.63, 3.8) is 0 Å². The molecule has 2 heteroatoms. The standard InChI is InChI=1S/C15H30O2/c1-6-9-10-11-12-13(7-2)17-14(16)15(4,5)8-3/h13H,6-12H2,1-5H3. The third-order valence-electron chi connectivity index (χ3n) is 3.55. The lowest BCUT2D eigenvalue weighted by Gasteiger charge is -2.24. The van der Waals surface area contributed by atoms with Crippen LogP contribution in [0, 0.1) is 5.41 Å². The molecule has 0 N–H and O–H groups in total. The van der Waals surface area contributed by atoms with Crippen molar-refractivity contribution in [1.82, 2.24) is 0 Å². The minimum absolute atomic E-state index is 0.0395. The molecule has 2 nitrogen and oxygen atoms in total. The molecule has 0 radical (unpaired) electrons. The Bertz CT molecular complexity index is 209. The van der Waals surface area contributed by atoms with E-state index >= 15 is 0 Å². The maximum atomic E-state index is 11.9. The summed E-state index contributed by atoms with van der Waals surface area (Å²) in [6.45, 7) is 10.2. The van der Waals surface area contributed by atoms with Crippen LogP contribution in [0.3, 0.4) is 0 Å². The maximum absolute atomic E-state index is 11.9. The predicted octanol–water partition coefficient (Wildman–Crippen LogP) is 4.71. The average molecular weight is 242 g/mol. The summed E-state index contributed by atoms with van der Waals surface area (Å²) in [5.74, 6) is -0.0395. The molecule has 0 aromatic heterocycles. The molecule has 0 heterocycles. The Balaban J connectivity index is 4.00. The molecule has 102 valence electrons. The van der Waals surface area contributed by atoms with Crippen LogP contribution >= 0.6 is 0 Å². The van der Waals surface area contributed by atoms with E-state index in [9.17, 15) is 4.79 Å². The van der Waals surface area contributed by atoms with E-state index in [1.54, 1.807) is 0 Å². The summed E-state index contributed by atoms with van der Waals surface area (Å²) in [5.41, 5.74) is -0.336. The van der Waals surface area contributed by atoms with E-state index in [0.29, 0.717) is 0 Å². The number of carbonyl (C=O) groups is 1. The molecular formula is C15H30O2.